The molecule has 4 aliphatic heterocycles. The van der Waals surface area contributed by atoms with E-state index in [1.165, 1.54) is 42.9 Å². The molecule has 2 atom stereocenters. The molecule has 15 nitrogen and oxygen atoms in total. The Morgan fingerprint density at radius 2 is 1.22 bits per heavy atom. The fraction of sp³-hybridized carbons (Fsp3) is 0.397. The van der Waals surface area contributed by atoms with Gasteiger partial charge in [-0.2, -0.15) is 9.67 Å². The van der Waals surface area contributed by atoms with Gasteiger partial charge in [-0.25, -0.2) is 20.4 Å². The van der Waals surface area contributed by atoms with E-state index in [-0.39, 0.29) is 11.8 Å². The minimum Gasteiger partial charge on any atom is -0.262 e. The average molecular weight is 1110 g/mol. The van der Waals surface area contributed by atoms with Crippen molar-refractivity contribution in [3.63, 3.8) is 0 Å². The quantitative estimate of drug-likeness (QED) is 0.157. The summed E-state index contributed by atoms with van der Waals surface area (Å²) in [5.74, 6) is 6.53. The van der Waals surface area contributed by atoms with Gasteiger partial charge in [0, 0.05) is 57.9 Å². The second-order valence-electron chi connectivity index (χ2n) is 21.2. The first kappa shape index (κ1) is 57.0. The lowest BCUT2D eigenvalue weighted by atomic mass is 9.84. The minimum atomic E-state index is -0.108. The Labute approximate surface area is 473 Å². The molecule has 2 unspecified atom stereocenters. The summed E-state index contributed by atoms with van der Waals surface area (Å²) in [6, 6.07) is 13.4. The third kappa shape index (κ3) is 13.4. The maximum Gasteiger partial charge on any atom is 0.307 e. The van der Waals surface area contributed by atoms with Crippen LogP contribution < -0.4 is 10.4 Å². The zero-order valence-corrected chi connectivity index (χ0v) is 51.2. The zero-order chi connectivity index (χ0) is 55.4. The van der Waals surface area contributed by atoms with E-state index in [1.807, 2.05) is 47.0 Å². The SMILES string of the molecule is C=C1/C=C\C(CSC(N(C)C)=[N+](C)C)=C/CC2=CC3=NC(=NC4=NC(=[NH+]c5c6ccc(CSC(N(C)C)=[N+](C)C)cc6cn5NC1=N2)c1cc(CSC(N(C)C)=[N+](C)C)ccc14)C1C=C(CSC(N(C)C)=[N+](C)C)C=CC31. The molecule has 0 amide bonds. The van der Waals surface area contributed by atoms with Gasteiger partial charge in [0.1, 0.15) is 5.84 Å². The molecular weight excluding hydrogens is 1040 g/mol. The molecule has 2 N–H and O–H groups in total. The predicted octanol–water partition coefficient (Wildman–Crippen LogP) is 6.12. The van der Waals surface area contributed by atoms with Crippen LogP contribution in [-0.4, -0.2) is 217 Å². The van der Waals surface area contributed by atoms with Crippen LogP contribution in [0.15, 0.2) is 134 Å². The second kappa shape index (κ2) is 24.7. The standard InChI is InChI=1S/C58H77N15S4/c1-37-18-19-38(33-74-55(65(2)3)66(4)5)20-24-43-31-49-45-26-22-40(35-76-57(69(10)11)70(12)13)29-47(45)52(60-49)61-51-46-27-23-41(36-77-58(71(14)15)72(16)17)30-48(46)53(62-51)63-54-44-25-21-39(34-75-56(67(6)7)68(8)9)28-42(44)32-73(54)64-50(37)59-43/h18-23,25-32,45,47H,1,24,33-36H2,2-17H3,(H,59,64)/q+4/p+1/b19-18-,38-20+,43-31?,61-52?,63-53?. The lowest BCUT2D eigenvalue weighted by molar-refractivity contribution is -0.466. The minimum absolute atomic E-state index is 0.0508. The molecule has 8 rings (SSSR count). The van der Waals surface area contributed by atoms with Crippen LogP contribution in [0.4, 0.5) is 5.82 Å². The summed E-state index contributed by atoms with van der Waals surface area (Å²) in [6.45, 7) is 4.67. The number of amidine groups is 8. The fourth-order valence-electron chi connectivity index (χ4n) is 9.79. The molecule has 77 heavy (non-hydrogen) atoms. The van der Waals surface area contributed by atoms with Crippen molar-refractivity contribution in [3.05, 3.63) is 136 Å². The zero-order valence-electron chi connectivity index (χ0n) is 47.9. The summed E-state index contributed by atoms with van der Waals surface area (Å²) in [7, 11) is 33.5. The van der Waals surface area contributed by atoms with Crippen molar-refractivity contribution in [3.8, 4) is 0 Å². The molecule has 404 valence electrons. The number of allylic oxidation sites excluding steroid dienone is 5. The van der Waals surface area contributed by atoms with Gasteiger partial charge in [0.05, 0.1) is 141 Å². The maximum absolute atomic E-state index is 5.51. The van der Waals surface area contributed by atoms with Crippen molar-refractivity contribution in [1.82, 2.24) is 24.3 Å². The monoisotopic (exact) mass is 1110 g/mol. The average Bonchev–Trinajstić information content (AvgIpc) is 4.05. The third-order valence-electron chi connectivity index (χ3n) is 13.0. The van der Waals surface area contributed by atoms with Crippen molar-refractivity contribution in [1.29, 1.82) is 0 Å². The summed E-state index contributed by atoms with van der Waals surface area (Å²) >= 11 is 7.27. The molecule has 3 aromatic rings. The predicted molar refractivity (Wildman–Crippen MR) is 335 cm³/mol. The first-order valence-electron chi connectivity index (χ1n) is 25.7. The number of thioether (sulfide) groups is 4. The van der Waals surface area contributed by atoms with E-state index in [9.17, 15) is 0 Å². The number of benzene rings is 2. The van der Waals surface area contributed by atoms with E-state index in [0.29, 0.717) is 23.9 Å². The van der Waals surface area contributed by atoms with Gasteiger partial charge in [0.2, 0.25) is 5.84 Å². The van der Waals surface area contributed by atoms with Crippen molar-refractivity contribution in [2.45, 2.75) is 17.9 Å². The number of fused-ring (bicyclic) bond motifs is 12. The molecule has 6 bridgehead atoms. The van der Waals surface area contributed by atoms with Gasteiger partial charge in [-0.3, -0.25) is 37.9 Å². The van der Waals surface area contributed by atoms with E-state index in [0.717, 1.165) is 73.5 Å². The lowest BCUT2D eigenvalue weighted by Crippen LogP contribution is -2.67. The maximum atomic E-state index is 5.51. The van der Waals surface area contributed by atoms with Gasteiger partial charge in [-0.05, 0) is 99.7 Å². The van der Waals surface area contributed by atoms with E-state index in [1.54, 1.807) is 0 Å². The Balaban J connectivity index is 1.32. The van der Waals surface area contributed by atoms with Gasteiger partial charge >= 0.3 is 20.7 Å². The molecule has 5 aliphatic rings. The second-order valence-corrected chi connectivity index (χ2v) is 25.0. The topological polar surface area (TPSA) is 105 Å². The van der Waals surface area contributed by atoms with E-state index >= 15 is 0 Å². The van der Waals surface area contributed by atoms with Crippen LogP contribution in [0.3, 0.4) is 0 Å². The van der Waals surface area contributed by atoms with E-state index in [4.69, 9.17) is 20.0 Å². The molecule has 0 radical (unpaired) electrons. The summed E-state index contributed by atoms with van der Waals surface area (Å²) in [4.78, 5) is 34.5. The van der Waals surface area contributed by atoms with Crippen molar-refractivity contribution in [2.24, 2.45) is 31.8 Å². The molecule has 0 spiro atoms. The smallest absolute Gasteiger partial charge is 0.262 e. The number of nitrogens with one attached hydrogen (secondary N) is 2. The van der Waals surface area contributed by atoms with Crippen LogP contribution in [0.25, 0.3) is 10.8 Å². The number of nitrogens with zero attached hydrogens (tertiary/aromatic N) is 13. The highest BCUT2D eigenvalue weighted by molar-refractivity contribution is 8.14. The first-order chi connectivity index (χ1) is 36.6. The Hall–Kier alpha value is -6.15. The normalized spacial score (nSPS) is 18.4. The molecule has 1 aromatic heterocycles. The van der Waals surface area contributed by atoms with Crippen LogP contribution in [0.1, 0.15) is 28.7 Å². The number of aromatic nitrogens is 1. The molecule has 0 saturated heterocycles. The fourth-order valence-corrected chi connectivity index (χ4v) is 13.8. The summed E-state index contributed by atoms with van der Waals surface area (Å²) in [6.07, 6.45) is 18.4. The number of rotatable bonds is 8. The number of hydrogen-bond donors (Lipinski definition) is 2. The van der Waals surface area contributed by atoms with Gasteiger partial charge < -0.3 is 0 Å². The molecule has 5 heterocycles. The van der Waals surface area contributed by atoms with Crippen LogP contribution in [0.2, 0.25) is 0 Å². The molecular formula is C58H78N15S4+5. The molecule has 19 heteroatoms. The van der Waals surface area contributed by atoms with E-state index in [2.05, 4.69) is 257 Å². The lowest BCUT2D eigenvalue weighted by Gasteiger charge is -2.20. The number of aliphatic imine (C=N–C) groups is 4. The Bertz CT molecular complexity index is 3310. The molecule has 0 saturated carbocycles. The highest BCUT2D eigenvalue weighted by atomic mass is 32.2. The van der Waals surface area contributed by atoms with Crippen LogP contribution in [0, 0.1) is 11.8 Å². The summed E-state index contributed by atoms with van der Waals surface area (Å²) < 4.78 is 10.7. The molecule has 0 fully saturated rings. The Morgan fingerprint density at radius 3 is 1.82 bits per heavy atom. The summed E-state index contributed by atoms with van der Waals surface area (Å²) in [5, 5.41) is 6.81. The van der Waals surface area contributed by atoms with Gasteiger partial charge in [0.25, 0.3) is 11.7 Å². The van der Waals surface area contributed by atoms with Crippen molar-refractivity contribution >= 4 is 113 Å². The highest BCUT2D eigenvalue weighted by Crippen LogP contribution is 2.36. The number of hydrogen-bond acceptors (Lipinski definition) is 9. The first-order valence-corrected chi connectivity index (χ1v) is 29.7. The largest absolute Gasteiger partial charge is 0.307 e. The van der Waals surface area contributed by atoms with Crippen molar-refractivity contribution < 1.29 is 23.3 Å². The Kier molecular flexibility index (Phi) is 18.3. The Morgan fingerprint density at radius 1 is 0.649 bits per heavy atom. The van der Waals surface area contributed by atoms with Crippen LogP contribution in [-0.2, 0) is 11.5 Å². The van der Waals surface area contributed by atoms with Crippen LogP contribution in [0.5, 0.6) is 0 Å². The van der Waals surface area contributed by atoms with Gasteiger partial charge in [-0.15, -0.1) is 0 Å². The molecule has 1 aliphatic carbocycles. The van der Waals surface area contributed by atoms with Crippen molar-refractivity contribution in [2.75, 3.05) is 130 Å². The third-order valence-corrected chi connectivity index (χ3v) is 18.9. The van der Waals surface area contributed by atoms with Gasteiger partial charge in [-0.1, -0.05) is 60.2 Å². The van der Waals surface area contributed by atoms with Crippen LogP contribution >= 0.6 is 47.0 Å². The highest BCUT2D eigenvalue weighted by Gasteiger charge is 2.38. The van der Waals surface area contributed by atoms with E-state index < -0.39 is 0 Å². The molecule has 2 aromatic carbocycles. The summed E-state index contributed by atoms with van der Waals surface area (Å²) in [5.41, 5.74) is 13.0. The van der Waals surface area contributed by atoms with Gasteiger partial charge in [0.15, 0.2) is 5.84 Å².